The number of methoxy groups -OCH3 is 1. The minimum atomic E-state index is 0.0454. The number of aromatic amines is 1. The largest absolute Gasteiger partial charge is 0.504 e. The van der Waals surface area contributed by atoms with Gasteiger partial charge in [0.1, 0.15) is 0 Å². The van der Waals surface area contributed by atoms with E-state index in [1.54, 1.807) is 12.3 Å². The van der Waals surface area contributed by atoms with Gasteiger partial charge in [0.05, 0.1) is 18.4 Å². The van der Waals surface area contributed by atoms with Crippen molar-refractivity contribution in [2.45, 2.75) is 0 Å². The van der Waals surface area contributed by atoms with Gasteiger partial charge < -0.3 is 14.8 Å². The lowest BCUT2D eigenvalue weighted by atomic mass is 10.2. The summed E-state index contributed by atoms with van der Waals surface area (Å²) in [5.41, 5.74) is 2.42. The number of aliphatic imine (C=N–C) groups is 1. The van der Waals surface area contributed by atoms with Gasteiger partial charge in [0.15, 0.2) is 11.5 Å². The van der Waals surface area contributed by atoms with E-state index >= 15 is 0 Å². The molecule has 0 bridgehead atoms. The molecule has 112 valence electrons. The van der Waals surface area contributed by atoms with Crippen LogP contribution in [0.2, 0.25) is 0 Å². The monoisotopic (exact) mass is 422 g/mol. The molecular formula is C16H12Br2N2O2. The second-order valence-corrected chi connectivity index (χ2v) is 6.29. The number of rotatable bonds is 3. The number of H-pyrrole nitrogens is 1. The Hall–Kier alpha value is -1.79. The molecule has 0 aliphatic heterocycles. The number of halogens is 2. The molecule has 3 aromatic rings. The summed E-state index contributed by atoms with van der Waals surface area (Å²) in [6, 6.07) is 9.54. The molecule has 0 unspecified atom stereocenters. The van der Waals surface area contributed by atoms with Crippen molar-refractivity contribution in [1.82, 2.24) is 4.98 Å². The summed E-state index contributed by atoms with van der Waals surface area (Å²) in [5.74, 6) is 0.432. The van der Waals surface area contributed by atoms with Crippen molar-refractivity contribution in [3.05, 3.63) is 51.0 Å². The number of hydrogen-bond donors (Lipinski definition) is 2. The molecule has 2 N–H and O–H groups in total. The Morgan fingerprint density at radius 3 is 2.82 bits per heavy atom. The zero-order chi connectivity index (χ0) is 15.7. The lowest BCUT2D eigenvalue weighted by Crippen LogP contribution is -1.91. The topological polar surface area (TPSA) is 57.6 Å². The van der Waals surface area contributed by atoms with Crippen molar-refractivity contribution in [3.8, 4) is 11.5 Å². The first-order chi connectivity index (χ1) is 10.6. The van der Waals surface area contributed by atoms with Gasteiger partial charge >= 0.3 is 0 Å². The third-order valence-corrected chi connectivity index (χ3v) is 5.30. The number of hydrogen-bond acceptors (Lipinski definition) is 3. The van der Waals surface area contributed by atoms with Crippen LogP contribution in [0.4, 0.5) is 5.69 Å². The van der Waals surface area contributed by atoms with Crippen LogP contribution in [0.15, 0.2) is 50.5 Å². The van der Waals surface area contributed by atoms with Gasteiger partial charge in [0.2, 0.25) is 0 Å². The number of aromatic nitrogens is 1. The molecule has 6 heteroatoms. The van der Waals surface area contributed by atoms with E-state index in [1.807, 2.05) is 30.5 Å². The van der Waals surface area contributed by atoms with Gasteiger partial charge in [-0.2, -0.15) is 0 Å². The maximum atomic E-state index is 10.2. The molecule has 1 heterocycles. The zero-order valence-corrected chi connectivity index (χ0v) is 14.8. The summed E-state index contributed by atoms with van der Waals surface area (Å²) in [6.07, 6.45) is 3.50. The van der Waals surface area contributed by atoms with Crippen LogP contribution in [-0.4, -0.2) is 23.4 Å². The van der Waals surface area contributed by atoms with E-state index < -0.39 is 0 Å². The summed E-state index contributed by atoms with van der Waals surface area (Å²) in [4.78, 5) is 7.58. The summed E-state index contributed by atoms with van der Waals surface area (Å²) >= 11 is 6.86. The van der Waals surface area contributed by atoms with Crippen molar-refractivity contribution in [1.29, 1.82) is 0 Å². The molecular weight excluding hydrogens is 412 g/mol. The van der Waals surface area contributed by atoms with Crippen LogP contribution in [0.25, 0.3) is 10.9 Å². The first-order valence-electron chi connectivity index (χ1n) is 6.46. The second kappa shape index (κ2) is 6.14. The van der Waals surface area contributed by atoms with E-state index in [-0.39, 0.29) is 5.75 Å². The van der Waals surface area contributed by atoms with E-state index in [2.05, 4.69) is 41.8 Å². The third-order valence-electron chi connectivity index (χ3n) is 3.29. The molecule has 1 aromatic heterocycles. The molecule has 3 rings (SSSR count). The van der Waals surface area contributed by atoms with Gasteiger partial charge in [-0.1, -0.05) is 0 Å². The molecule has 0 saturated carbocycles. The zero-order valence-electron chi connectivity index (χ0n) is 11.6. The van der Waals surface area contributed by atoms with Crippen LogP contribution in [0.5, 0.6) is 11.5 Å². The van der Waals surface area contributed by atoms with E-state index in [0.29, 0.717) is 11.3 Å². The number of aromatic hydroxyl groups is 1. The molecule has 0 fully saturated rings. The number of nitrogens with zero attached hydrogens (tertiary/aromatic N) is 1. The smallest absolute Gasteiger partial charge is 0.167 e. The van der Waals surface area contributed by atoms with E-state index in [1.165, 1.54) is 7.11 Å². The number of fused-ring (bicyclic) bond motifs is 1. The number of benzene rings is 2. The molecule has 0 spiro atoms. The highest BCUT2D eigenvalue weighted by molar-refractivity contribution is 9.13. The minimum Gasteiger partial charge on any atom is -0.504 e. The first-order valence-corrected chi connectivity index (χ1v) is 8.05. The van der Waals surface area contributed by atoms with Crippen LogP contribution in [0.1, 0.15) is 5.56 Å². The van der Waals surface area contributed by atoms with Gasteiger partial charge in [-0.05, 0) is 62.2 Å². The molecule has 0 amide bonds. The SMILES string of the molecule is COc1cc(Br)c(Br)c(C=Nc2ccc3[nH]ccc3c2)c1O. The maximum absolute atomic E-state index is 10.2. The predicted molar refractivity (Wildman–Crippen MR) is 95.6 cm³/mol. The Kier molecular flexibility index (Phi) is 4.22. The third kappa shape index (κ3) is 2.76. The number of phenols is 1. The van der Waals surface area contributed by atoms with Gasteiger partial charge in [-0.15, -0.1) is 0 Å². The molecule has 0 radical (unpaired) electrons. The van der Waals surface area contributed by atoms with E-state index in [0.717, 1.165) is 25.5 Å². The molecule has 0 aliphatic carbocycles. The summed E-state index contributed by atoms with van der Waals surface area (Å²) in [6.45, 7) is 0. The Balaban J connectivity index is 2.03. The molecule has 0 saturated heterocycles. The normalized spacial score (nSPS) is 11.4. The summed E-state index contributed by atoms with van der Waals surface area (Å²) in [5, 5.41) is 11.3. The average molecular weight is 424 g/mol. The summed E-state index contributed by atoms with van der Waals surface area (Å²) < 4.78 is 6.66. The highest BCUT2D eigenvalue weighted by atomic mass is 79.9. The van der Waals surface area contributed by atoms with Crippen LogP contribution < -0.4 is 4.74 Å². The summed E-state index contributed by atoms with van der Waals surface area (Å²) in [7, 11) is 1.51. The average Bonchev–Trinajstić information content (AvgIpc) is 2.98. The molecule has 22 heavy (non-hydrogen) atoms. The van der Waals surface area contributed by atoms with E-state index in [9.17, 15) is 5.11 Å². The van der Waals surface area contributed by atoms with Crippen LogP contribution in [0.3, 0.4) is 0 Å². The Labute approximate surface area is 144 Å². The fraction of sp³-hybridized carbons (Fsp3) is 0.0625. The predicted octanol–water partition coefficient (Wildman–Crippen LogP) is 5.16. The van der Waals surface area contributed by atoms with Crippen molar-refractivity contribution in [2.75, 3.05) is 7.11 Å². The van der Waals surface area contributed by atoms with Gasteiger partial charge in [0, 0.05) is 32.3 Å². The molecule has 0 aliphatic rings. The first kappa shape index (κ1) is 15.1. The Bertz CT molecular complexity index is 872. The molecule has 2 aromatic carbocycles. The quantitative estimate of drug-likeness (QED) is 0.571. The second-order valence-electron chi connectivity index (χ2n) is 4.64. The minimum absolute atomic E-state index is 0.0454. The van der Waals surface area contributed by atoms with Crippen molar-refractivity contribution in [2.24, 2.45) is 4.99 Å². The fourth-order valence-corrected chi connectivity index (χ4v) is 2.97. The maximum Gasteiger partial charge on any atom is 0.167 e. The number of nitrogens with one attached hydrogen (secondary N) is 1. The fourth-order valence-electron chi connectivity index (χ4n) is 2.15. The van der Waals surface area contributed by atoms with Gasteiger partial charge in [-0.3, -0.25) is 4.99 Å². The van der Waals surface area contributed by atoms with Crippen molar-refractivity contribution >= 4 is 54.7 Å². The van der Waals surface area contributed by atoms with Gasteiger partial charge in [0.25, 0.3) is 0 Å². The van der Waals surface area contributed by atoms with Crippen molar-refractivity contribution < 1.29 is 9.84 Å². The standard InChI is InChI=1S/C16H12Br2N2O2/c1-22-14-7-12(17)15(18)11(16(14)21)8-20-10-2-3-13-9(6-10)4-5-19-13/h2-8,19,21H,1H3. The number of phenolic OH excluding ortho intramolecular Hbond substituents is 1. The Morgan fingerprint density at radius 1 is 1.23 bits per heavy atom. The Morgan fingerprint density at radius 2 is 2.05 bits per heavy atom. The van der Waals surface area contributed by atoms with Crippen molar-refractivity contribution in [3.63, 3.8) is 0 Å². The molecule has 4 nitrogen and oxygen atoms in total. The van der Waals surface area contributed by atoms with E-state index in [4.69, 9.17) is 4.74 Å². The highest BCUT2D eigenvalue weighted by Gasteiger charge is 2.14. The molecule has 0 atom stereocenters. The van der Waals surface area contributed by atoms with Crippen LogP contribution in [-0.2, 0) is 0 Å². The van der Waals surface area contributed by atoms with Crippen LogP contribution in [0, 0.1) is 0 Å². The van der Waals surface area contributed by atoms with Gasteiger partial charge in [-0.25, -0.2) is 0 Å². The lowest BCUT2D eigenvalue weighted by Gasteiger charge is -2.09. The highest BCUT2D eigenvalue weighted by Crippen LogP contribution is 2.39. The van der Waals surface area contributed by atoms with Crippen LogP contribution >= 0.6 is 31.9 Å². The number of ether oxygens (including phenoxy) is 1. The lowest BCUT2D eigenvalue weighted by molar-refractivity contribution is 0.372.